The Morgan fingerprint density at radius 2 is 2.20 bits per heavy atom. The molecule has 1 aromatic carbocycles. The van der Waals surface area contributed by atoms with E-state index in [2.05, 4.69) is 15.5 Å². The zero-order chi connectivity index (χ0) is 13.9. The predicted octanol–water partition coefficient (Wildman–Crippen LogP) is 2.31. The third kappa shape index (κ3) is 2.53. The van der Waals surface area contributed by atoms with Crippen LogP contribution in [0.15, 0.2) is 28.7 Å². The standard InChI is InChI=1S/C13H12FN3O3/c14-9-5-2-1-4-8(9)11(18)15-13-17-16-12(20-13)10-6-3-7-19-10/h1-2,4-5,10H,3,6-7H2,(H,15,17,18). The quantitative estimate of drug-likeness (QED) is 0.931. The summed E-state index contributed by atoms with van der Waals surface area (Å²) in [6.07, 6.45) is 1.52. The van der Waals surface area contributed by atoms with Crippen molar-refractivity contribution in [2.75, 3.05) is 11.9 Å². The fourth-order valence-electron chi connectivity index (χ4n) is 2.00. The summed E-state index contributed by atoms with van der Waals surface area (Å²) in [7, 11) is 0. The van der Waals surface area contributed by atoms with E-state index in [0.29, 0.717) is 12.5 Å². The van der Waals surface area contributed by atoms with Crippen LogP contribution in [0.2, 0.25) is 0 Å². The molecule has 0 spiro atoms. The van der Waals surface area contributed by atoms with E-state index in [0.717, 1.165) is 12.8 Å². The number of anilines is 1. The summed E-state index contributed by atoms with van der Waals surface area (Å²) in [6.45, 7) is 0.657. The maximum atomic E-state index is 13.4. The van der Waals surface area contributed by atoms with Gasteiger partial charge >= 0.3 is 6.01 Å². The van der Waals surface area contributed by atoms with Gasteiger partial charge in [-0.15, -0.1) is 5.10 Å². The lowest BCUT2D eigenvalue weighted by molar-refractivity contribution is 0.0892. The molecule has 20 heavy (non-hydrogen) atoms. The second-order valence-electron chi connectivity index (χ2n) is 4.38. The number of ether oxygens (including phenoxy) is 1. The first-order valence-electron chi connectivity index (χ1n) is 6.25. The van der Waals surface area contributed by atoms with Gasteiger partial charge in [-0.2, -0.15) is 0 Å². The molecular formula is C13H12FN3O3. The summed E-state index contributed by atoms with van der Waals surface area (Å²) < 4.78 is 24.1. The highest BCUT2D eigenvalue weighted by Crippen LogP contribution is 2.28. The smallest absolute Gasteiger partial charge is 0.322 e. The van der Waals surface area contributed by atoms with Crippen LogP contribution in [-0.4, -0.2) is 22.7 Å². The minimum atomic E-state index is -0.634. The molecular weight excluding hydrogens is 265 g/mol. The third-order valence-electron chi connectivity index (χ3n) is 2.98. The van der Waals surface area contributed by atoms with Crippen molar-refractivity contribution in [1.29, 1.82) is 0 Å². The minimum absolute atomic E-state index is 0.0660. The molecule has 7 heteroatoms. The lowest BCUT2D eigenvalue weighted by Gasteiger charge is -2.03. The lowest BCUT2D eigenvalue weighted by atomic mass is 10.2. The molecule has 1 unspecified atom stereocenters. The first-order valence-corrected chi connectivity index (χ1v) is 6.25. The van der Waals surface area contributed by atoms with E-state index in [1.54, 1.807) is 6.07 Å². The van der Waals surface area contributed by atoms with Crippen LogP contribution in [-0.2, 0) is 4.74 Å². The van der Waals surface area contributed by atoms with Crippen LogP contribution in [0, 0.1) is 5.82 Å². The van der Waals surface area contributed by atoms with Crippen molar-refractivity contribution in [3.05, 3.63) is 41.5 Å². The number of aromatic nitrogens is 2. The van der Waals surface area contributed by atoms with Crippen molar-refractivity contribution in [3.63, 3.8) is 0 Å². The molecule has 6 nitrogen and oxygen atoms in total. The maximum Gasteiger partial charge on any atom is 0.322 e. The first kappa shape index (κ1) is 12.7. The molecule has 1 amide bonds. The number of benzene rings is 1. The molecule has 104 valence electrons. The Kier molecular flexibility index (Phi) is 3.42. The van der Waals surface area contributed by atoms with E-state index >= 15 is 0 Å². The highest BCUT2D eigenvalue weighted by molar-refractivity contribution is 6.03. The first-order chi connectivity index (χ1) is 9.74. The van der Waals surface area contributed by atoms with E-state index in [1.165, 1.54) is 18.2 Å². The number of carbonyl (C=O) groups is 1. The van der Waals surface area contributed by atoms with E-state index in [4.69, 9.17) is 9.15 Å². The Balaban J connectivity index is 1.72. The highest BCUT2D eigenvalue weighted by Gasteiger charge is 2.24. The number of nitrogens with one attached hydrogen (secondary N) is 1. The van der Waals surface area contributed by atoms with Crippen molar-refractivity contribution in [2.24, 2.45) is 0 Å². The molecule has 0 bridgehead atoms. The van der Waals surface area contributed by atoms with Crippen LogP contribution in [0.1, 0.15) is 35.2 Å². The van der Waals surface area contributed by atoms with Crippen LogP contribution in [0.4, 0.5) is 10.4 Å². The van der Waals surface area contributed by atoms with Gasteiger partial charge in [-0.05, 0) is 25.0 Å². The van der Waals surface area contributed by atoms with Gasteiger partial charge in [0.05, 0.1) is 5.56 Å². The molecule has 1 aromatic heterocycles. The van der Waals surface area contributed by atoms with Crippen LogP contribution >= 0.6 is 0 Å². The molecule has 2 aromatic rings. The van der Waals surface area contributed by atoms with E-state index in [-0.39, 0.29) is 17.7 Å². The van der Waals surface area contributed by atoms with Gasteiger partial charge in [-0.3, -0.25) is 10.1 Å². The molecule has 2 heterocycles. The fourth-order valence-corrected chi connectivity index (χ4v) is 2.00. The number of amides is 1. The molecule has 1 saturated heterocycles. The number of carbonyl (C=O) groups excluding carboxylic acids is 1. The number of nitrogens with zero attached hydrogens (tertiary/aromatic N) is 2. The monoisotopic (exact) mass is 277 g/mol. The van der Waals surface area contributed by atoms with Gasteiger partial charge in [-0.1, -0.05) is 17.2 Å². The third-order valence-corrected chi connectivity index (χ3v) is 2.98. The van der Waals surface area contributed by atoms with Gasteiger partial charge in [0.25, 0.3) is 5.91 Å². The summed E-state index contributed by atoms with van der Waals surface area (Å²) in [5.74, 6) is -0.916. The molecule has 1 atom stereocenters. The largest absolute Gasteiger partial charge is 0.405 e. The average Bonchev–Trinajstić information content (AvgIpc) is 3.09. The molecule has 0 radical (unpaired) electrons. The van der Waals surface area contributed by atoms with Crippen molar-refractivity contribution < 1.29 is 18.3 Å². The molecule has 0 saturated carbocycles. The summed E-state index contributed by atoms with van der Waals surface area (Å²) in [5, 5.41) is 9.89. The Morgan fingerprint density at radius 3 is 2.95 bits per heavy atom. The second-order valence-corrected chi connectivity index (χ2v) is 4.38. The maximum absolute atomic E-state index is 13.4. The zero-order valence-corrected chi connectivity index (χ0v) is 10.5. The fraction of sp³-hybridized carbons (Fsp3) is 0.308. The van der Waals surface area contributed by atoms with Crippen molar-refractivity contribution in [3.8, 4) is 0 Å². The van der Waals surface area contributed by atoms with Gasteiger partial charge in [0.1, 0.15) is 11.9 Å². The Bertz CT molecular complexity index is 623. The van der Waals surface area contributed by atoms with E-state index in [1.807, 2.05) is 0 Å². The predicted molar refractivity (Wildman–Crippen MR) is 66.6 cm³/mol. The number of hydrogen-bond acceptors (Lipinski definition) is 5. The molecule has 1 fully saturated rings. The minimum Gasteiger partial charge on any atom is -0.405 e. The zero-order valence-electron chi connectivity index (χ0n) is 10.5. The van der Waals surface area contributed by atoms with Crippen LogP contribution in [0.3, 0.4) is 0 Å². The summed E-state index contributed by atoms with van der Waals surface area (Å²) >= 11 is 0. The van der Waals surface area contributed by atoms with E-state index < -0.39 is 11.7 Å². The topological polar surface area (TPSA) is 77.2 Å². The van der Waals surface area contributed by atoms with Crippen molar-refractivity contribution >= 4 is 11.9 Å². The lowest BCUT2D eigenvalue weighted by Crippen LogP contribution is -2.13. The molecule has 3 rings (SSSR count). The number of halogens is 1. The molecule has 1 aliphatic heterocycles. The summed E-state index contributed by atoms with van der Waals surface area (Å²) in [6, 6.07) is 5.60. The van der Waals surface area contributed by atoms with Gasteiger partial charge in [0.15, 0.2) is 0 Å². The van der Waals surface area contributed by atoms with Crippen LogP contribution in [0.25, 0.3) is 0 Å². The van der Waals surface area contributed by atoms with Crippen molar-refractivity contribution in [2.45, 2.75) is 18.9 Å². The van der Waals surface area contributed by atoms with Crippen LogP contribution < -0.4 is 5.32 Å². The normalized spacial score (nSPS) is 18.1. The highest BCUT2D eigenvalue weighted by atomic mass is 19.1. The van der Waals surface area contributed by atoms with Gasteiger partial charge in [-0.25, -0.2) is 4.39 Å². The Hall–Kier alpha value is -2.28. The Morgan fingerprint density at radius 1 is 1.35 bits per heavy atom. The van der Waals surface area contributed by atoms with Gasteiger partial charge in [0.2, 0.25) is 5.89 Å². The summed E-state index contributed by atoms with van der Waals surface area (Å²) in [4.78, 5) is 11.9. The van der Waals surface area contributed by atoms with Gasteiger partial charge in [0, 0.05) is 6.61 Å². The summed E-state index contributed by atoms with van der Waals surface area (Å²) in [5.41, 5.74) is -0.0793. The van der Waals surface area contributed by atoms with Crippen molar-refractivity contribution in [1.82, 2.24) is 10.2 Å². The van der Waals surface area contributed by atoms with Gasteiger partial charge < -0.3 is 9.15 Å². The van der Waals surface area contributed by atoms with Crippen LogP contribution in [0.5, 0.6) is 0 Å². The Labute approximate surface area is 113 Å². The molecule has 1 aliphatic rings. The second kappa shape index (κ2) is 5.38. The van der Waals surface area contributed by atoms with E-state index in [9.17, 15) is 9.18 Å². The molecule has 0 aliphatic carbocycles. The number of hydrogen-bond donors (Lipinski definition) is 1. The SMILES string of the molecule is O=C(Nc1nnc(C2CCCO2)o1)c1ccccc1F. The number of rotatable bonds is 3. The molecule has 1 N–H and O–H groups in total. The average molecular weight is 277 g/mol.